The van der Waals surface area contributed by atoms with E-state index < -0.39 is 0 Å². The number of nitrogens with zero attached hydrogens (tertiary/aromatic N) is 1. The molecule has 0 amide bonds. The minimum atomic E-state index is 0.471. The van der Waals surface area contributed by atoms with Gasteiger partial charge in [-0.1, -0.05) is 11.6 Å². The van der Waals surface area contributed by atoms with Crippen molar-refractivity contribution in [3.05, 3.63) is 47.6 Å². The van der Waals surface area contributed by atoms with Crippen molar-refractivity contribution < 1.29 is 13.9 Å². The van der Waals surface area contributed by atoms with Gasteiger partial charge in [-0.2, -0.15) is 0 Å². The Morgan fingerprint density at radius 3 is 2.43 bits per heavy atom. The molecule has 5 nitrogen and oxygen atoms in total. The van der Waals surface area contributed by atoms with E-state index in [0.29, 0.717) is 33.9 Å². The maximum absolute atomic E-state index is 5.93. The topological polar surface area (TPSA) is 70.5 Å². The van der Waals surface area contributed by atoms with Crippen LogP contribution in [0.1, 0.15) is 0 Å². The summed E-state index contributed by atoms with van der Waals surface area (Å²) >= 11 is 5.93. The number of oxazole rings is 1. The maximum atomic E-state index is 5.93. The van der Waals surface area contributed by atoms with E-state index in [4.69, 9.17) is 31.2 Å². The van der Waals surface area contributed by atoms with Gasteiger partial charge in [0.2, 0.25) is 5.89 Å². The molecule has 1 heterocycles. The van der Waals surface area contributed by atoms with E-state index in [1.54, 1.807) is 32.5 Å². The van der Waals surface area contributed by atoms with E-state index in [9.17, 15) is 0 Å². The highest BCUT2D eigenvalue weighted by atomic mass is 35.5. The molecule has 2 aromatic carbocycles. The molecule has 0 atom stereocenters. The molecule has 0 saturated heterocycles. The van der Waals surface area contributed by atoms with Gasteiger partial charge in [-0.05, 0) is 36.4 Å². The lowest BCUT2D eigenvalue weighted by Crippen LogP contribution is -1.90. The van der Waals surface area contributed by atoms with Crippen LogP contribution in [0.25, 0.3) is 22.8 Å². The predicted molar refractivity (Wildman–Crippen MR) is 89.9 cm³/mol. The number of anilines is 1. The van der Waals surface area contributed by atoms with E-state index in [1.807, 2.05) is 24.3 Å². The molecule has 0 fully saturated rings. The number of aromatic nitrogens is 1. The van der Waals surface area contributed by atoms with Crippen LogP contribution in [0.5, 0.6) is 11.5 Å². The fourth-order valence-electron chi connectivity index (χ4n) is 2.21. The largest absolute Gasteiger partial charge is 0.493 e. The maximum Gasteiger partial charge on any atom is 0.226 e. The summed E-state index contributed by atoms with van der Waals surface area (Å²) < 4.78 is 16.3. The first-order valence-electron chi connectivity index (χ1n) is 6.86. The molecule has 0 saturated carbocycles. The number of nitrogen functional groups attached to an aromatic ring is 1. The molecule has 2 N–H and O–H groups in total. The van der Waals surface area contributed by atoms with Crippen LogP contribution in [0.3, 0.4) is 0 Å². The fourth-order valence-corrected chi connectivity index (χ4v) is 2.32. The Balaban J connectivity index is 1.97. The first-order valence-corrected chi connectivity index (χ1v) is 7.24. The van der Waals surface area contributed by atoms with Crippen LogP contribution in [0.2, 0.25) is 5.02 Å². The second-order valence-corrected chi connectivity index (χ2v) is 5.24. The fraction of sp³-hybridized carbons (Fsp3) is 0.118. The zero-order valence-corrected chi connectivity index (χ0v) is 13.4. The quantitative estimate of drug-likeness (QED) is 0.724. The van der Waals surface area contributed by atoms with Gasteiger partial charge in [-0.15, -0.1) is 0 Å². The number of hydrogen-bond donors (Lipinski definition) is 1. The number of halogens is 1. The molecule has 0 aliphatic heterocycles. The zero-order chi connectivity index (χ0) is 16.4. The molecule has 6 heteroatoms. The third-order valence-corrected chi connectivity index (χ3v) is 3.76. The average molecular weight is 331 g/mol. The highest BCUT2D eigenvalue weighted by Gasteiger charge is 2.12. The van der Waals surface area contributed by atoms with Crippen LogP contribution >= 0.6 is 11.6 Å². The molecule has 0 unspecified atom stereocenters. The highest BCUT2D eigenvalue weighted by molar-refractivity contribution is 6.33. The molecule has 0 aliphatic rings. The van der Waals surface area contributed by atoms with Crippen LogP contribution in [0.15, 0.2) is 47.0 Å². The summed E-state index contributed by atoms with van der Waals surface area (Å²) in [5.74, 6) is 2.37. The van der Waals surface area contributed by atoms with Crippen molar-refractivity contribution in [1.29, 1.82) is 0 Å². The molecular weight excluding hydrogens is 316 g/mol. The second-order valence-electron chi connectivity index (χ2n) is 4.84. The number of methoxy groups -OCH3 is 2. The van der Waals surface area contributed by atoms with Gasteiger partial charge in [0.05, 0.1) is 31.1 Å². The summed E-state index contributed by atoms with van der Waals surface area (Å²) in [5, 5.41) is 0.500. The van der Waals surface area contributed by atoms with Gasteiger partial charge in [0.1, 0.15) is 0 Å². The average Bonchev–Trinajstić information content (AvgIpc) is 3.06. The van der Waals surface area contributed by atoms with Crippen LogP contribution in [0.4, 0.5) is 5.69 Å². The summed E-state index contributed by atoms with van der Waals surface area (Å²) in [6, 6.07) is 10.8. The summed E-state index contributed by atoms with van der Waals surface area (Å²) in [4.78, 5) is 4.29. The number of hydrogen-bond acceptors (Lipinski definition) is 5. The smallest absolute Gasteiger partial charge is 0.226 e. The second kappa shape index (κ2) is 6.22. The van der Waals surface area contributed by atoms with E-state index in [0.717, 1.165) is 11.1 Å². The van der Waals surface area contributed by atoms with Crippen LogP contribution in [-0.2, 0) is 0 Å². The predicted octanol–water partition coefficient (Wildman–Crippen LogP) is 4.26. The lowest BCUT2D eigenvalue weighted by atomic mass is 10.1. The SMILES string of the molecule is COc1ccc(-c2cnc(-c3ccc(Cl)c(N)c3)o2)cc1OC. The van der Waals surface area contributed by atoms with Crippen molar-refractivity contribution in [2.75, 3.05) is 20.0 Å². The molecule has 0 radical (unpaired) electrons. The Kier molecular flexibility index (Phi) is 4.12. The van der Waals surface area contributed by atoms with Crippen molar-refractivity contribution in [2.24, 2.45) is 0 Å². The van der Waals surface area contributed by atoms with Crippen LogP contribution in [-0.4, -0.2) is 19.2 Å². The third kappa shape index (κ3) is 2.96. The van der Waals surface area contributed by atoms with E-state index in [-0.39, 0.29) is 0 Å². The third-order valence-electron chi connectivity index (χ3n) is 3.42. The molecular formula is C17H15ClN2O3. The lowest BCUT2D eigenvalue weighted by Gasteiger charge is -2.08. The molecule has 3 aromatic rings. The van der Waals surface area contributed by atoms with E-state index >= 15 is 0 Å². The Morgan fingerprint density at radius 1 is 1.00 bits per heavy atom. The summed E-state index contributed by atoms with van der Waals surface area (Å²) in [6.45, 7) is 0. The molecule has 118 valence electrons. The first-order chi connectivity index (χ1) is 11.1. The standard InChI is InChI=1S/C17H15ClN2O3/c1-21-14-6-4-10(8-15(14)22-2)16-9-20-17(23-16)11-3-5-12(18)13(19)7-11/h3-9H,19H2,1-2H3. The van der Waals surface area contributed by atoms with Gasteiger partial charge in [0, 0.05) is 11.1 Å². The monoisotopic (exact) mass is 330 g/mol. The zero-order valence-electron chi connectivity index (χ0n) is 12.7. The van der Waals surface area contributed by atoms with E-state index in [2.05, 4.69) is 4.98 Å². The van der Waals surface area contributed by atoms with Crippen LogP contribution < -0.4 is 15.2 Å². The Hall–Kier alpha value is -2.66. The van der Waals surface area contributed by atoms with Gasteiger partial charge in [-0.3, -0.25) is 0 Å². The Morgan fingerprint density at radius 2 is 1.74 bits per heavy atom. The molecule has 3 rings (SSSR count). The van der Waals surface area contributed by atoms with Crippen LogP contribution in [0, 0.1) is 0 Å². The number of rotatable bonds is 4. The molecule has 1 aromatic heterocycles. The van der Waals surface area contributed by atoms with Gasteiger partial charge in [0.15, 0.2) is 17.3 Å². The first kappa shape index (κ1) is 15.2. The van der Waals surface area contributed by atoms with Crippen molar-refractivity contribution in [3.8, 4) is 34.3 Å². The minimum absolute atomic E-state index is 0.471. The van der Waals surface area contributed by atoms with Crippen molar-refractivity contribution in [3.63, 3.8) is 0 Å². The Labute approximate surface area is 138 Å². The van der Waals surface area contributed by atoms with Gasteiger partial charge in [-0.25, -0.2) is 4.98 Å². The molecule has 0 spiro atoms. The van der Waals surface area contributed by atoms with Crippen molar-refractivity contribution >= 4 is 17.3 Å². The van der Waals surface area contributed by atoms with E-state index in [1.165, 1.54) is 0 Å². The summed E-state index contributed by atoms with van der Waals surface area (Å²) in [5.41, 5.74) is 7.89. The summed E-state index contributed by atoms with van der Waals surface area (Å²) in [7, 11) is 3.18. The number of nitrogens with two attached hydrogens (primary N) is 1. The van der Waals surface area contributed by atoms with Gasteiger partial charge < -0.3 is 19.6 Å². The molecule has 23 heavy (non-hydrogen) atoms. The van der Waals surface area contributed by atoms with Crippen molar-refractivity contribution in [2.45, 2.75) is 0 Å². The molecule has 0 bridgehead atoms. The van der Waals surface area contributed by atoms with Gasteiger partial charge in [0.25, 0.3) is 0 Å². The van der Waals surface area contributed by atoms with Gasteiger partial charge >= 0.3 is 0 Å². The highest BCUT2D eigenvalue weighted by Crippen LogP contribution is 2.34. The number of benzene rings is 2. The minimum Gasteiger partial charge on any atom is -0.493 e. The molecule has 0 aliphatic carbocycles. The lowest BCUT2D eigenvalue weighted by molar-refractivity contribution is 0.355. The normalized spacial score (nSPS) is 10.6. The Bertz CT molecular complexity index is 846. The van der Waals surface area contributed by atoms with Crippen molar-refractivity contribution in [1.82, 2.24) is 4.98 Å². The summed E-state index contributed by atoms with van der Waals surface area (Å²) in [6.07, 6.45) is 1.65. The number of ether oxygens (including phenoxy) is 2.